The van der Waals surface area contributed by atoms with Crippen LogP contribution in [0.4, 0.5) is 0 Å². The third kappa shape index (κ3) is 5.00. The lowest BCUT2D eigenvalue weighted by atomic mass is 10.1. The van der Waals surface area contributed by atoms with Gasteiger partial charge in [-0.3, -0.25) is 4.99 Å². The minimum Gasteiger partial charge on any atom is -0.361 e. The smallest absolute Gasteiger partial charge is 0.191 e. The molecular weight excluding hydrogens is 411 g/mol. The lowest BCUT2D eigenvalue weighted by Crippen LogP contribution is -2.42. The number of aliphatic imine (C=N–C) groups is 1. The van der Waals surface area contributed by atoms with E-state index in [2.05, 4.69) is 65.2 Å². The highest BCUT2D eigenvalue weighted by molar-refractivity contribution is 14.0. The number of guanidine groups is 1. The first-order valence-electron chi connectivity index (χ1n) is 8.61. The van der Waals surface area contributed by atoms with Crippen LogP contribution in [-0.4, -0.2) is 30.1 Å². The number of hydrogen-bond acceptors (Lipinski definition) is 1. The van der Waals surface area contributed by atoms with Crippen molar-refractivity contribution in [2.75, 3.05) is 13.1 Å². The third-order valence-corrected chi connectivity index (χ3v) is 4.24. The van der Waals surface area contributed by atoms with Gasteiger partial charge in [0, 0.05) is 36.2 Å². The Bertz CT molecular complexity index is 681. The maximum Gasteiger partial charge on any atom is 0.191 e. The number of aryl methyl sites for hydroxylation is 1. The predicted octanol–water partition coefficient (Wildman–Crippen LogP) is 3.99. The Hall–Kier alpha value is -1.50. The summed E-state index contributed by atoms with van der Waals surface area (Å²) in [6, 6.07) is 8.98. The average Bonchev–Trinajstić information content (AvgIpc) is 3.21. The maximum absolute atomic E-state index is 4.71. The van der Waals surface area contributed by atoms with Crippen LogP contribution in [0, 0.1) is 0 Å². The topological polar surface area (TPSA) is 52.2 Å². The lowest BCUT2D eigenvalue weighted by Gasteiger charge is -2.16. The van der Waals surface area contributed by atoms with Crippen LogP contribution in [0.3, 0.4) is 0 Å². The molecule has 2 aromatic rings. The summed E-state index contributed by atoms with van der Waals surface area (Å²) < 4.78 is 0. The number of benzene rings is 1. The van der Waals surface area contributed by atoms with Crippen LogP contribution in [0.25, 0.3) is 10.9 Å². The molecule has 0 bridgehead atoms. The van der Waals surface area contributed by atoms with Crippen molar-refractivity contribution in [3.05, 3.63) is 48.2 Å². The molecule has 0 saturated heterocycles. The number of nitrogens with one attached hydrogen (secondary N) is 3. The van der Waals surface area contributed by atoms with E-state index < -0.39 is 0 Å². The van der Waals surface area contributed by atoms with Crippen LogP contribution in [0.2, 0.25) is 0 Å². The molecule has 0 fully saturated rings. The molecule has 1 aliphatic carbocycles. The largest absolute Gasteiger partial charge is 0.361 e. The molecule has 130 valence electrons. The van der Waals surface area contributed by atoms with Gasteiger partial charge in [0.05, 0.1) is 0 Å². The van der Waals surface area contributed by atoms with Crippen molar-refractivity contribution in [1.82, 2.24) is 15.6 Å². The van der Waals surface area contributed by atoms with Crippen molar-refractivity contribution in [1.29, 1.82) is 0 Å². The van der Waals surface area contributed by atoms with Gasteiger partial charge in [-0.1, -0.05) is 30.4 Å². The molecule has 0 radical (unpaired) electrons. The highest BCUT2D eigenvalue weighted by Gasteiger charge is 2.11. The first kappa shape index (κ1) is 18.8. The fourth-order valence-corrected chi connectivity index (χ4v) is 3.05. The van der Waals surface area contributed by atoms with Crippen LogP contribution in [-0.2, 0) is 6.42 Å². The van der Waals surface area contributed by atoms with Gasteiger partial charge in [0.2, 0.25) is 0 Å². The fourth-order valence-electron chi connectivity index (χ4n) is 3.05. The second-order valence-electron chi connectivity index (χ2n) is 6.01. The Labute approximate surface area is 161 Å². The molecule has 1 aliphatic rings. The SMILES string of the molecule is CCNC(=NCCCc1c[nH]c2ccccc12)NC1CC=CC1.I. The molecule has 3 rings (SSSR count). The molecule has 0 unspecified atom stereocenters. The van der Waals surface area contributed by atoms with E-state index >= 15 is 0 Å². The number of fused-ring (bicyclic) bond motifs is 1. The van der Waals surface area contributed by atoms with Gasteiger partial charge in [-0.05, 0) is 44.2 Å². The number of aromatic nitrogens is 1. The third-order valence-electron chi connectivity index (χ3n) is 4.24. The van der Waals surface area contributed by atoms with Gasteiger partial charge in [-0.15, -0.1) is 24.0 Å². The molecular formula is C19H27IN4. The Balaban J connectivity index is 0.00000208. The molecule has 1 heterocycles. The van der Waals surface area contributed by atoms with E-state index in [4.69, 9.17) is 4.99 Å². The average molecular weight is 438 g/mol. The first-order chi connectivity index (χ1) is 11.4. The van der Waals surface area contributed by atoms with Gasteiger partial charge in [-0.2, -0.15) is 0 Å². The van der Waals surface area contributed by atoms with Gasteiger partial charge >= 0.3 is 0 Å². The number of H-pyrrole nitrogens is 1. The van der Waals surface area contributed by atoms with E-state index in [0.29, 0.717) is 6.04 Å². The molecule has 1 aromatic heterocycles. The lowest BCUT2D eigenvalue weighted by molar-refractivity contribution is 0.632. The zero-order valence-electron chi connectivity index (χ0n) is 14.2. The van der Waals surface area contributed by atoms with E-state index in [0.717, 1.165) is 44.7 Å². The van der Waals surface area contributed by atoms with E-state index in [1.807, 2.05) is 0 Å². The summed E-state index contributed by atoms with van der Waals surface area (Å²) in [7, 11) is 0. The number of halogens is 1. The van der Waals surface area contributed by atoms with E-state index in [-0.39, 0.29) is 24.0 Å². The minimum absolute atomic E-state index is 0. The maximum atomic E-state index is 4.71. The Morgan fingerprint density at radius 1 is 1.25 bits per heavy atom. The fraction of sp³-hybridized carbons (Fsp3) is 0.421. The van der Waals surface area contributed by atoms with Gasteiger partial charge in [0.25, 0.3) is 0 Å². The predicted molar refractivity (Wildman–Crippen MR) is 113 cm³/mol. The number of para-hydroxylation sites is 1. The molecule has 5 heteroatoms. The minimum atomic E-state index is 0. The van der Waals surface area contributed by atoms with Gasteiger partial charge in [-0.25, -0.2) is 0 Å². The van der Waals surface area contributed by atoms with Crippen molar-refractivity contribution >= 4 is 40.8 Å². The highest BCUT2D eigenvalue weighted by atomic mass is 127. The monoisotopic (exact) mass is 438 g/mol. The summed E-state index contributed by atoms with van der Waals surface area (Å²) in [5.41, 5.74) is 2.60. The summed E-state index contributed by atoms with van der Waals surface area (Å²) in [5.74, 6) is 0.945. The summed E-state index contributed by atoms with van der Waals surface area (Å²) in [5, 5.41) is 8.18. The van der Waals surface area contributed by atoms with E-state index in [9.17, 15) is 0 Å². The number of aromatic amines is 1. The molecule has 0 atom stereocenters. The number of hydrogen-bond donors (Lipinski definition) is 3. The van der Waals surface area contributed by atoms with Crippen molar-refractivity contribution in [3.63, 3.8) is 0 Å². The van der Waals surface area contributed by atoms with E-state index in [1.165, 1.54) is 16.5 Å². The normalized spacial score (nSPS) is 14.8. The molecule has 1 aromatic carbocycles. The second kappa shape index (κ2) is 9.71. The zero-order valence-corrected chi connectivity index (χ0v) is 16.5. The Morgan fingerprint density at radius 2 is 2.04 bits per heavy atom. The van der Waals surface area contributed by atoms with Crippen LogP contribution in [0.5, 0.6) is 0 Å². The summed E-state index contributed by atoms with van der Waals surface area (Å²) >= 11 is 0. The van der Waals surface area contributed by atoms with Crippen LogP contribution in [0.15, 0.2) is 47.6 Å². The van der Waals surface area contributed by atoms with Crippen LogP contribution >= 0.6 is 24.0 Å². The van der Waals surface area contributed by atoms with Gasteiger partial charge in [0.15, 0.2) is 5.96 Å². The summed E-state index contributed by atoms with van der Waals surface area (Å²) in [6.45, 7) is 3.85. The molecule has 24 heavy (non-hydrogen) atoms. The molecule has 0 aliphatic heterocycles. The van der Waals surface area contributed by atoms with Crippen molar-refractivity contribution < 1.29 is 0 Å². The van der Waals surface area contributed by atoms with Crippen LogP contribution in [0.1, 0.15) is 31.7 Å². The standard InChI is InChI=1S/C19H26N4.HI/c1-2-20-19(23-16-9-3-4-10-16)21-13-7-8-15-14-22-18-12-6-5-11-17(15)18;/h3-6,11-12,14,16,22H,2,7-10,13H2,1H3,(H2,20,21,23);1H. The molecule has 3 N–H and O–H groups in total. The van der Waals surface area contributed by atoms with Crippen molar-refractivity contribution in [2.24, 2.45) is 4.99 Å². The van der Waals surface area contributed by atoms with Gasteiger partial charge in [0.1, 0.15) is 0 Å². The highest BCUT2D eigenvalue weighted by Crippen LogP contribution is 2.18. The Morgan fingerprint density at radius 3 is 2.83 bits per heavy atom. The molecule has 4 nitrogen and oxygen atoms in total. The van der Waals surface area contributed by atoms with E-state index in [1.54, 1.807) is 0 Å². The first-order valence-corrected chi connectivity index (χ1v) is 8.61. The Kier molecular flexibility index (Phi) is 7.62. The number of rotatable bonds is 6. The summed E-state index contributed by atoms with van der Waals surface area (Å²) in [6.07, 6.45) is 10.9. The number of nitrogens with zero attached hydrogens (tertiary/aromatic N) is 1. The molecule has 0 saturated carbocycles. The van der Waals surface area contributed by atoms with Crippen LogP contribution < -0.4 is 10.6 Å². The summed E-state index contributed by atoms with van der Waals surface area (Å²) in [4.78, 5) is 8.05. The molecule has 0 spiro atoms. The van der Waals surface area contributed by atoms with Crippen molar-refractivity contribution in [2.45, 2.75) is 38.6 Å². The van der Waals surface area contributed by atoms with Gasteiger partial charge < -0.3 is 15.6 Å². The second-order valence-corrected chi connectivity index (χ2v) is 6.01. The van der Waals surface area contributed by atoms with Crippen molar-refractivity contribution in [3.8, 4) is 0 Å². The zero-order chi connectivity index (χ0) is 15.9. The quantitative estimate of drug-likeness (QED) is 0.210. The molecule has 0 amide bonds.